The molecule has 1 amide bonds. The van der Waals surface area contributed by atoms with Crippen LogP contribution in [0.3, 0.4) is 0 Å². The van der Waals surface area contributed by atoms with Crippen molar-refractivity contribution >= 4 is 29.2 Å². The zero-order valence-corrected chi connectivity index (χ0v) is 12.4. The number of carbonyl (C=O) groups is 2. The third kappa shape index (κ3) is 5.09. The van der Waals surface area contributed by atoms with Gasteiger partial charge < -0.3 is 15.8 Å². The molecular formula is C14H19ClN2O3. The Morgan fingerprint density at radius 2 is 2.15 bits per heavy atom. The molecule has 0 aliphatic rings. The van der Waals surface area contributed by atoms with Crippen molar-refractivity contribution in [2.45, 2.75) is 32.7 Å². The molecule has 20 heavy (non-hydrogen) atoms. The van der Waals surface area contributed by atoms with Gasteiger partial charge >= 0.3 is 5.97 Å². The number of halogens is 1. The minimum absolute atomic E-state index is 0.0578. The molecule has 1 aromatic carbocycles. The van der Waals surface area contributed by atoms with Gasteiger partial charge in [0.1, 0.15) is 0 Å². The summed E-state index contributed by atoms with van der Waals surface area (Å²) in [6.07, 6.45) is 1.85. The van der Waals surface area contributed by atoms with E-state index in [4.69, 9.17) is 22.1 Å². The summed E-state index contributed by atoms with van der Waals surface area (Å²) >= 11 is 5.78. The highest BCUT2D eigenvalue weighted by molar-refractivity contribution is 6.31. The van der Waals surface area contributed by atoms with Gasteiger partial charge in [-0.3, -0.25) is 4.79 Å². The average molecular weight is 299 g/mol. The van der Waals surface area contributed by atoms with Gasteiger partial charge in [-0.25, -0.2) is 4.79 Å². The van der Waals surface area contributed by atoms with Gasteiger partial charge in [0.2, 0.25) is 0 Å². The van der Waals surface area contributed by atoms with Gasteiger partial charge in [0.25, 0.3) is 5.91 Å². The van der Waals surface area contributed by atoms with Gasteiger partial charge in [-0.15, -0.1) is 0 Å². The Morgan fingerprint density at radius 3 is 2.80 bits per heavy atom. The molecule has 1 unspecified atom stereocenters. The van der Waals surface area contributed by atoms with Crippen LogP contribution in [-0.2, 0) is 9.53 Å². The predicted molar refractivity (Wildman–Crippen MR) is 78.7 cm³/mol. The van der Waals surface area contributed by atoms with Crippen molar-refractivity contribution in [1.82, 2.24) is 5.32 Å². The first-order valence-electron chi connectivity index (χ1n) is 6.45. The zero-order chi connectivity index (χ0) is 15.1. The van der Waals surface area contributed by atoms with Crippen LogP contribution in [0.25, 0.3) is 0 Å². The zero-order valence-electron chi connectivity index (χ0n) is 11.6. The summed E-state index contributed by atoms with van der Waals surface area (Å²) in [5.41, 5.74) is 6.08. The highest BCUT2D eigenvalue weighted by Gasteiger charge is 2.14. The number of nitrogens with one attached hydrogen (secondary N) is 1. The van der Waals surface area contributed by atoms with Crippen LogP contribution in [0.15, 0.2) is 18.2 Å². The molecule has 1 rings (SSSR count). The van der Waals surface area contributed by atoms with E-state index in [-0.39, 0.29) is 29.8 Å². The van der Waals surface area contributed by atoms with Gasteiger partial charge in [0.15, 0.2) is 6.61 Å². The second-order valence-electron chi connectivity index (χ2n) is 4.56. The number of hydrogen-bond acceptors (Lipinski definition) is 4. The summed E-state index contributed by atoms with van der Waals surface area (Å²) in [5.74, 6) is -0.997. The van der Waals surface area contributed by atoms with E-state index >= 15 is 0 Å². The van der Waals surface area contributed by atoms with Crippen molar-refractivity contribution in [3.05, 3.63) is 28.8 Å². The van der Waals surface area contributed by atoms with Crippen LogP contribution in [0.2, 0.25) is 5.02 Å². The lowest BCUT2D eigenvalue weighted by atomic mass is 10.2. The molecule has 5 nitrogen and oxygen atoms in total. The fraction of sp³-hybridized carbons (Fsp3) is 0.429. The maximum absolute atomic E-state index is 11.8. The third-order valence-electron chi connectivity index (χ3n) is 2.70. The quantitative estimate of drug-likeness (QED) is 0.624. The van der Waals surface area contributed by atoms with Gasteiger partial charge in [0.05, 0.1) is 5.56 Å². The molecule has 3 N–H and O–H groups in total. The summed E-state index contributed by atoms with van der Waals surface area (Å²) in [7, 11) is 0. The van der Waals surface area contributed by atoms with E-state index in [1.807, 2.05) is 13.8 Å². The fourth-order valence-corrected chi connectivity index (χ4v) is 1.91. The Kier molecular flexibility index (Phi) is 6.31. The SMILES string of the molecule is CCCC(C)NC(=O)COC(=O)c1cc(Cl)ccc1N. The van der Waals surface area contributed by atoms with Gasteiger partial charge in [-0.05, 0) is 31.5 Å². The maximum Gasteiger partial charge on any atom is 0.340 e. The molecule has 1 atom stereocenters. The van der Waals surface area contributed by atoms with E-state index in [0.29, 0.717) is 5.02 Å². The molecule has 6 heteroatoms. The van der Waals surface area contributed by atoms with Gasteiger partial charge in [-0.2, -0.15) is 0 Å². The molecule has 0 aliphatic heterocycles. The Balaban J connectivity index is 2.51. The van der Waals surface area contributed by atoms with Crippen LogP contribution in [0.1, 0.15) is 37.0 Å². The highest BCUT2D eigenvalue weighted by Crippen LogP contribution is 2.18. The van der Waals surface area contributed by atoms with Crippen LogP contribution >= 0.6 is 11.6 Å². The second-order valence-corrected chi connectivity index (χ2v) is 5.00. The summed E-state index contributed by atoms with van der Waals surface area (Å²) in [6.45, 7) is 3.60. The molecule has 110 valence electrons. The Morgan fingerprint density at radius 1 is 1.45 bits per heavy atom. The highest BCUT2D eigenvalue weighted by atomic mass is 35.5. The van der Waals surface area contributed by atoms with Crippen molar-refractivity contribution in [2.24, 2.45) is 0 Å². The normalized spacial score (nSPS) is 11.8. The number of amides is 1. The van der Waals surface area contributed by atoms with E-state index < -0.39 is 5.97 Å². The van der Waals surface area contributed by atoms with Crippen molar-refractivity contribution in [3.63, 3.8) is 0 Å². The number of carbonyl (C=O) groups excluding carboxylic acids is 2. The van der Waals surface area contributed by atoms with Crippen molar-refractivity contribution in [1.29, 1.82) is 0 Å². The topological polar surface area (TPSA) is 81.4 Å². The lowest BCUT2D eigenvalue weighted by Crippen LogP contribution is -2.35. The Hall–Kier alpha value is -1.75. The van der Waals surface area contributed by atoms with E-state index in [9.17, 15) is 9.59 Å². The molecule has 0 spiro atoms. The Labute approximate surface area is 123 Å². The minimum Gasteiger partial charge on any atom is -0.452 e. The van der Waals surface area contributed by atoms with Crippen molar-refractivity contribution < 1.29 is 14.3 Å². The number of anilines is 1. The second kappa shape index (κ2) is 7.75. The lowest BCUT2D eigenvalue weighted by Gasteiger charge is -2.13. The number of rotatable bonds is 6. The van der Waals surface area contributed by atoms with Crippen LogP contribution in [-0.4, -0.2) is 24.5 Å². The smallest absolute Gasteiger partial charge is 0.340 e. The molecule has 0 aliphatic carbocycles. The van der Waals surface area contributed by atoms with Crippen molar-refractivity contribution in [3.8, 4) is 0 Å². The molecule has 0 radical (unpaired) electrons. The Bertz CT molecular complexity index is 491. The van der Waals surface area contributed by atoms with Gasteiger partial charge in [-0.1, -0.05) is 24.9 Å². The van der Waals surface area contributed by atoms with E-state index in [1.165, 1.54) is 12.1 Å². The number of ether oxygens (including phenoxy) is 1. The third-order valence-corrected chi connectivity index (χ3v) is 2.93. The first-order chi connectivity index (χ1) is 9.43. The first kappa shape index (κ1) is 16.3. The number of esters is 1. The fourth-order valence-electron chi connectivity index (χ4n) is 1.74. The lowest BCUT2D eigenvalue weighted by molar-refractivity contribution is -0.124. The maximum atomic E-state index is 11.8. The average Bonchev–Trinajstić information content (AvgIpc) is 2.39. The number of hydrogen-bond donors (Lipinski definition) is 2. The molecule has 0 saturated carbocycles. The van der Waals surface area contributed by atoms with E-state index in [1.54, 1.807) is 6.07 Å². The number of benzene rings is 1. The van der Waals surface area contributed by atoms with Gasteiger partial charge in [0, 0.05) is 16.8 Å². The van der Waals surface area contributed by atoms with E-state index in [2.05, 4.69) is 5.32 Å². The summed E-state index contributed by atoms with van der Waals surface area (Å²) in [5, 5.41) is 3.12. The van der Waals surface area contributed by atoms with Crippen LogP contribution < -0.4 is 11.1 Å². The molecular weight excluding hydrogens is 280 g/mol. The molecule has 0 heterocycles. The summed E-state index contributed by atoms with van der Waals surface area (Å²) < 4.78 is 4.92. The standard InChI is InChI=1S/C14H19ClN2O3/c1-3-4-9(2)17-13(18)8-20-14(19)11-7-10(15)5-6-12(11)16/h5-7,9H,3-4,8,16H2,1-2H3,(H,17,18). The number of nitrogens with two attached hydrogens (primary N) is 1. The molecule has 0 saturated heterocycles. The van der Waals surface area contributed by atoms with Crippen LogP contribution in [0.5, 0.6) is 0 Å². The van der Waals surface area contributed by atoms with E-state index in [0.717, 1.165) is 12.8 Å². The van der Waals surface area contributed by atoms with Crippen molar-refractivity contribution in [2.75, 3.05) is 12.3 Å². The summed E-state index contributed by atoms with van der Waals surface area (Å²) in [4.78, 5) is 23.4. The monoisotopic (exact) mass is 298 g/mol. The minimum atomic E-state index is -0.664. The predicted octanol–water partition coefficient (Wildman–Crippen LogP) is 2.38. The largest absolute Gasteiger partial charge is 0.452 e. The van der Waals surface area contributed by atoms with Crippen LogP contribution in [0.4, 0.5) is 5.69 Å². The number of nitrogen functional groups attached to an aromatic ring is 1. The molecule has 0 fully saturated rings. The molecule has 1 aromatic rings. The first-order valence-corrected chi connectivity index (χ1v) is 6.83. The molecule has 0 aromatic heterocycles. The van der Waals surface area contributed by atoms with Crippen LogP contribution in [0, 0.1) is 0 Å². The summed E-state index contributed by atoms with van der Waals surface area (Å²) in [6, 6.07) is 4.56. The molecule has 0 bridgehead atoms.